The lowest BCUT2D eigenvalue weighted by Gasteiger charge is -2.19. The van der Waals surface area contributed by atoms with Crippen LogP contribution >= 0.6 is 12.4 Å². The summed E-state index contributed by atoms with van der Waals surface area (Å²) in [5.41, 5.74) is 7.57. The molecular formula is C18H21ClN2O3. The fourth-order valence-electron chi connectivity index (χ4n) is 2.25. The highest BCUT2D eigenvalue weighted by atomic mass is 35.5. The molecule has 0 bridgehead atoms. The van der Waals surface area contributed by atoms with E-state index in [2.05, 4.69) is 5.32 Å². The Morgan fingerprint density at radius 1 is 1.04 bits per heavy atom. The Balaban J connectivity index is 0.00000288. The second kappa shape index (κ2) is 9.70. The van der Waals surface area contributed by atoms with E-state index in [0.29, 0.717) is 12.0 Å². The molecule has 5 nitrogen and oxygen atoms in total. The van der Waals surface area contributed by atoms with Gasteiger partial charge in [-0.25, -0.2) is 4.79 Å². The summed E-state index contributed by atoms with van der Waals surface area (Å²) in [7, 11) is 1.29. The molecule has 0 fully saturated rings. The highest BCUT2D eigenvalue weighted by molar-refractivity contribution is 5.88. The summed E-state index contributed by atoms with van der Waals surface area (Å²) in [6.45, 7) is 0. The SMILES string of the molecule is COC(=O)[C@@H](NC(=O)[C@@H](N)Cc1ccccc1)c1ccccc1.Cl. The van der Waals surface area contributed by atoms with Crippen LogP contribution in [0.1, 0.15) is 17.2 Å². The monoisotopic (exact) mass is 348 g/mol. The predicted molar refractivity (Wildman–Crippen MR) is 94.7 cm³/mol. The molecule has 0 aliphatic carbocycles. The second-order valence-electron chi connectivity index (χ2n) is 5.17. The van der Waals surface area contributed by atoms with Gasteiger partial charge < -0.3 is 15.8 Å². The summed E-state index contributed by atoms with van der Waals surface area (Å²) in [5.74, 6) is -0.926. The van der Waals surface area contributed by atoms with Crippen LogP contribution in [0.5, 0.6) is 0 Å². The molecule has 2 aromatic rings. The first-order chi connectivity index (χ1) is 11.1. The molecule has 0 aromatic heterocycles. The minimum Gasteiger partial charge on any atom is -0.467 e. The van der Waals surface area contributed by atoms with Gasteiger partial charge in [-0.2, -0.15) is 0 Å². The molecule has 0 saturated heterocycles. The number of hydrogen-bond acceptors (Lipinski definition) is 4. The number of carbonyl (C=O) groups is 2. The first-order valence-electron chi connectivity index (χ1n) is 7.34. The van der Waals surface area contributed by atoms with Crippen LogP contribution in [-0.2, 0) is 20.7 Å². The summed E-state index contributed by atoms with van der Waals surface area (Å²) in [4.78, 5) is 24.3. The number of ether oxygens (including phenoxy) is 1. The zero-order chi connectivity index (χ0) is 16.7. The Kier molecular flexibility index (Phi) is 7.95. The number of rotatable bonds is 6. The van der Waals surface area contributed by atoms with E-state index < -0.39 is 24.0 Å². The summed E-state index contributed by atoms with van der Waals surface area (Å²) >= 11 is 0. The number of benzene rings is 2. The number of hydrogen-bond donors (Lipinski definition) is 2. The second-order valence-corrected chi connectivity index (χ2v) is 5.17. The molecule has 2 atom stereocenters. The van der Waals surface area contributed by atoms with E-state index in [9.17, 15) is 9.59 Å². The summed E-state index contributed by atoms with van der Waals surface area (Å²) in [5, 5.41) is 2.67. The molecule has 6 heteroatoms. The number of halogens is 1. The molecule has 0 spiro atoms. The van der Waals surface area contributed by atoms with Gasteiger partial charge in [0.25, 0.3) is 0 Å². The molecule has 24 heavy (non-hydrogen) atoms. The third-order valence-corrected chi connectivity index (χ3v) is 3.49. The molecule has 0 radical (unpaired) electrons. The van der Waals surface area contributed by atoms with Crippen molar-refractivity contribution >= 4 is 24.3 Å². The minimum atomic E-state index is -0.865. The van der Waals surface area contributed by atoms with Crippen molar-refractivity contribution in [3.63, 3.8) is 0 Å². The maximum absolute atomic E-state index is 12.3. The number of nitrogens with two attached hydrogens (primary N) is 1. The number of carbonyl (C=O) groups excluding carboxylic acids is 2. The van der Waals surface area contributed by atoms with Crippen LogP contribution in [-0.4, -0.2) is 25.0 Å². The van der Waals surface area contributed by atoms with Crippen molar-refractivity contribution in [3.05, 3.63) is 71.8 Å². The molecule has 0 unspecified atom stereocenters. The molecule has 128 valence electrons. The summed E-state index contributed by atoms with van der Waals surface area (Å²) < 4.78 is 4.77. The quantitative estimate of drug-likeness (QED) is 0.782. The van der Waals surface area contributed by atoms with Crippen LogP contribution in [0.4, 0.5) is 0 Å². The van der Waals surface area contributed by atoms with E-state index in [1.165, 1.54) is 7.11 Å². The van der Waals surface area contributed by atoms with Crippen molar-refractivity contribution in [3.8, 4) is 0 Å². The molecule has 2 aromatic carbocycles. The zero-order valence-electron chi connectivity index (χ0n) is 13.3. The molecule has 0 saturated carbocycles. The summed E-state index contributed by atoms with van der Waals surface area (Å²) in [6.07, 6.45) is 0.398. The van der Waals surface area contributed by atoms with Gasteiger partial charge in [0.1, 0.15) is 0 Å². The fraction of sp³-hybridized carbons (Fsp3) is 0.222. The standard InChI is InChI=1S/C18H20N2O3.ClH/c1-23-18(22)16(14-10-6-3-7-11-14)20-17(21)15(19)12-13-8-4-2-5-9-13;/h2-11,15-16H,12,19H2,1H3,(H,20,21);1H/t15-,16-;/m0./s1. The molecule has 0 heterocycles. The number of nitrogens with one attached hydrogen (secondary N) is 1. The van der Waals surface area contributed by atoms with Gasteiger partial charge in [0, 0.05) is 0 Å². The van der Waals surface area contributed by atoms with E-state index in [0.717, 1.165) is 5.56 Å². The molecule has 2 rings (SSSR count). The normalized spacial score (nSPS) is 12.4. The van der Waals surface area contributed by atoms with Gasteiger partial charge in [0.2, 0.25) is 5.91 Å². The van der Waals surface area contributed by atoms with E-state index >= 15 is 0 Å². The average molecular weight is 349 g/mol. The van der Waals surface area contributed by atoms with Gasteiger partial charge in [-0.05, 0) is 17.5 Å². The van der Waals surface area contributed by atoms with Crippen molar-refractivity contribution in [2.24, 2.45) is 5.73 Å². The topological polar surface area (TPSA) is 81.4 Å². The lowest BCUT2D eigenvalue weighted by Crippen LogP contribution is -2.45. The van der Waals surface area contributed by atoms with E-state index in [4.69, 9.17) is 10.5 Å². The van der Waals surface area contributed by atoms with Crippen molar-refractivity contribution < 1.29 is 14.3 Å². The maximum Gasteiger partial charge on any atom is 0.333 e. The van der Waals surface area contributed by atoms with Gasteiger partial charge in [-0.15, -0.1) is 12.4 Å². The van der Waals surface area contributed by atoms with Crippen molar-refractivity contribution in [1.29, 1.82) is 0 Å². The number of methoxy groups -OCH3 is 1. The van der Waals surface area contributed by atoms with Crippen LogP contribution in [0.3, 0.4) is 0 Å². The minimum absolute atomic E-state index is 0. The predicted octanol–water partition coefficient (Wildman–Crippen LogP) is 2.01. The molecule has 0 aliphatic heterocycles. The Bertz CT molecular complexity index is 650. The molecule has 0 aliphatic rings. The Labute approximate surface area is 147 Å². The Morgan fingerprint density at radius 3 is 2.12 bits per heavy atom. The van der Waals surface area contributed by atoms with Gasteiger partial charge in [-0.1, -0.05) is 60.7 Å². The van der Waals surface area contributed by atoms with Gasteiger partial charge in [-0.3, -0.25) is 4.79 Å². The highest BCUT2D eigenvalue weighted by Gasteiger charge is 2.25. The third kappa shape index (κ3) is 5.37. The van der Waals surface area contributed by atoms with Crippen LogP contribution in [0.2, 0.25) is 0 Å². The average Bonchev–Trinajstić information content (AvgIpc) is 2.60. The molecular weight excluding hydrogens is 328 g/mol. The Hall–Kier alpha value is -2.37. The van der Waals surface area contributed by atoms with Crippen LogP contribution in [0.15, 0.2) is 60.7 Å². The van der Waals surface area contributed by atoms with Gasteiger partial charge in [0.05, 0.1) is 13.2 Å². The van der Waals surface area contributed by atoms with E-state index in [1.54, 1.807) is 24.3 Å². The molecule has 3 N–H and O–H groups in total. The van der Waals surface area contributed by atoms with E-state index in [1.807, 2.05) is 36.4 Å². The van der Waals surface area contributed by atoms with Crippen LogP contribution < -0.4 is 11.1 Å². The Morgan fingerprint density at radius 2 is 1.58 bits per heavy atom. The number of amides is 1. The zero-order valence-corrected chi connectivity index (χ0v) is 14.2. The van der Waals surface area contributed by atoms with Crippen molar-refractivity contribution in [2.45, 2.75) is 18.5 Å². The lowest BCUT2D eigenvalue weighted by atomic mass is 10.0. The first kappa shape index (κ1) is 19.7. The van der Waals surface area contributed by atoms with E-state index in [-0.39, 0.29) is 12.4 Å². The third-order valence-electron chi connectivity index (χ3n) is 3.49. The van der Waals surface area contributed by atoms with Gasteiger partial charge >= 0.3 is 5.97 Å². The first-order valence-corrected chi connectivity index (χ1v) is 7.34. The largest absolute Gasteiger partial charge is 0.467 e. The number of esters is 1. The highest BCUT2D eigenvalue weighted by Crippen LogP contribution is 2.14. The lowest BCUT2D eigenvalue weighted by molar-refractivity contribution is -0.145. The molecule has 1 amide bonds. The summed E-state index contributed by atoms with van der Waals surface area (Å²) in [6, 6.07) is 16.8. The van der Waals surface area contributed by atoms with Crippen molar-refractivity contribution in [1.82, 2.24) is 5.32 Å². The smallest absolute Gasteiger partial charge is 0.333 e. The van der Waals surface area contributed by atoms with Crippen molar-refractivity contribution in [2.75, 3.05) is 7.11 Å². The maximum atomic E-state index is 12.3. The fourth-order valence-corrected chi connectivity index (χ4v) is 2.25. The van der Waals surface area contributed by atoms with Gasteiger partial charge in [0.15, 0.2) is 6.04 Å². The van der Waals surface area contributed by atoms with Crippen LogP contribution in [0, 0.1) is 0 Å². The van der Waals surface area contributed by atoms with Crippen LogP contribution in [0.25, 0.3) is 0 Å².